The number of aromatic nitrogens is 3. The molecule has 2 aromatic rings. The molecule has 0 unspecified atom stereocenters. The molecule has 96 valence electrons. The van der Waals surface area contributed by atoms with Crippen LogP contribution in [0.5, 0.6) is 0 Å². The van der Waals surface area contributed by atoms with E-state index in [0.717, 1.165) is 6.07 Å². The Kier molecular flexibility index (Phi) is 2.85. The van der Waals surface area contributed by atoms with E-state index in [-0.39, 0.29) is 5.03 Å². The summed E-state index contributed by atoms with van der Waals surface area (Å²) in [5.41, 5.74) is -1.01. The summed E-state index contributed by atoms with van der Waals surface area (Å²) in [6.45, 7) is 0. The Hall–Kier alpha value is -1.90. The Morgan fingerprint density at radius 3 is 2.28 bits per heavy atom. The van der Waals surface area contributed by atoms with Gasteiger partial charge in [0.25, 0.3) is 0 Å². The number of alkyl halides is 3. The summed E-state index contributed by atoms with van der Waals surface area (Å²) < 4.78 is 60.5. The highest BCUT2D eigenvalue weighted by atomic mass is 32.2. The zero-order chi connectivity index (χ0) is 13.4. The van der Waals surface area contributed by atoms with Gasteiger partial charge in [-0.15, -0.1) is 0 Å². The van der Waals surface area contributed by atoms with Gasteiger partial charge in [-0.1, -0.05) is 0 Å². The minimum atomic E-state index is -4.55. The molecule has 0 radical (unpaired) electrons. The van der Waals surface area contributed by atoms with E-state index in [1.807, 2.05) is 0 Å². The molecule has 0 saturated carbocycles. The molecule has 18 heavy (non-hydrogen) atoms. The molecule has 0 spiro atoms. The minimum absolute atomic E-state index is 0.297. The molecular formula is C9H6F3N3O2S. The van der Waals surface area contributed by atoms with Crippen LogP contribution in [0.25, 0.3) is 0 Å². The van der Waals surface area contributed by atoms with Crippen LogP contribution in [-0.4, -0.2) is 23.6 Å². The molecule has 0 saturated heterocycles. The van der Waals surface area contributed by atoms with Gasteiger partial charge in [-0.25, -0.2) is 13.4 Å². The fraction of sp³-hybridized carbons (Fsp3) is 0.111. The normalized spacial score (nSPS) is 12.6. The minimum Gasteiger partial charge on any atom is -0.284 e. The summed E-state index contributed by atoms with van der Waals surface area (Å²) in [6.07, 6.45) is -2.79. The first-order valence-corrected chi connectivity index (χ1v) is 6.08. The van der Waals surface area contributed by atoms with E-state index in [1.165, 1.54) is 12.3 Å². The van der Waals surface area contributed by atoms with E-state index in [4.69, 9.17) is 0 Å². The Labute approximate surface area is 99.6 Å². The van der Waals surface area contributed by atoms with Gasteiger partial charge in [0.15, 0.2) is 10.1 Å². The van der Waals surface area contributed by atoms with Crippen LogP contribution in [0.4, 0.5) is 13.2 Å². The maximum absolute atomic E-state index is 12.3. The molecule has 2 heterocycles. The van der Waals surface area contributed by atoms with Gasteiger partial charge in [0.1, 0.15) is 0 Å². The molecular weight excluding hydrogens is 271 g/mol. The summed E-state index contributed by atoms with van der Waals surface area (Å²) in [6, 6.07) is 2.65. The second kappa shape index (κ2) is 4.09. The Balaban J connectivity index is 2.42. The van der Waals surface area contributed by atoms with Crippen molar-refractivity contribution in [3.63, 3.8) is 0 Å². The van der Waals surface area contributed by atoms with Crippen molar-refractivity contribution in [3.05, 3.63) is 36.2 Å². The summed E-state index contributed by atoms with van der Waals surface area (Å²) in [5.74, 6) is 0. The first kappa shape index (κ1) is 12.6. The average Bonchev–Trinajstić information content (AvgIpc) is 2.82. The molecule has 0 amide bonds. The van der Waals surface area contributed by atoms with Crippen LogP contribution in [0.2, 0.25) is 0 Å². The first-order valence-electron chi connectivity index (χ1n) is 4.60. The zero-order valence-corrected chi connectivity index (χ0v) is 9.46. The second-order valence-electron chi connectivity index (χ2n) is 3.30. The van der Waals surface area contributed by atoms with E-state index >= 15 is 0 Å². The van der Waals surface area contributed by atoms with E-state index in [2.05, 4.69) is 15.2 Å². The number of pyridine rings is 1. The van der Waals surface area contributed by atoms with Crippen molar-refractivity contribution < 1.29 is 21.6 Å². The lowest BCUT2D eigenvalue weighted by Crippen LogP contribution is -2.09. The molecule has 2 aromatic heterocycles. The van der Waals surface area contributed by atoms with Crippen molar-refractivity contribution in [1.82, 2.24) is 15.2 Å². The van der Waals surface area contributed by atoms with Gasteiger partial charge < -0.3 is 0 Å². The van der Waals surface area contributed by atoms with Crippen LogP contribution >= 0.6 is 0 Å². The van der Waals surface area contributed by atoms with Crippen LogP contribution in [-0.2, 0) is 16.0 Å². The highest BCUT2D eigenvalue weighted by Crippen LogP contribution is 2.29. The topological polar surface area (TPSA) is 75.7 Å². The molecule has 0 atom stereocenters. The van der Waals surface area contributed by atoms with Gasteiger partial charge in [0, 0.05) is 12.4 Å². The van der Waals surface area contributed by atoms with Crippen LogP contribution in [0.1, 0.15) is 5.56 Å². The van der Waals surface area contributed by atoms with Crippen molar-refractivity contribution in [3.8, 4) is 0 Å². The second-order valence-corrected chi connectivity index (χ2v) is 5.14. The number of nitrogens with zero attached hydrogens (tertiary/aromatic N) is 2. The molecule has 2 rings (SSSR count). The van der Waals surface area contributed by atoms with Crippen LogP contribution in [0.15, 0.2) is 40.6 Å². The van der Waals surface area contributed by atoms with Crippen molar-refractivity contribution in [2.24, 2.45) is 0 Å². The average molecular weight is 277 g/mol. The van der Waals surface area contributed by atoms with Gasteiger partial charge in [0.05, 0.1) is 5.56 Å². The Morgan fingerprint density at radius 2 is 1.83 bits per heavy atom. The van der Waals surface area contributed by atoms with E-state index < -0.39 is 26.6 Å². The van der Waals surface area contributed by atoms with Gasteiger partial charge in [-0.05, 0) is 18.2 Å². The molecule has 5 nitrogen and oxygen atoms in total. The molecule has 9 heteroatoms. The molecule has 0 aromatic carbocycles. The van der Waals surface area contributed by atoms with E-state index in [0.29, 0.717) is 12.3 Å². The number of hydrogen-bond donors (Lipinski definition) is 1. The zero-order valence-electron chi connectivity index (χ0n) is 8.64. The van der Waals surface area contributed by atoms with E-state index in [1.54, 1.807) is 0 Å². The van der Waals surface area contributed by atoms with E-state index in [9.17, 15) is 21.6 Å². The highest BCUT2D eigenvalue weighted by molar-refractivity contribution is 7.91. The van der Waals surface area contributed by atoms with Crippen LogP contribution < -0.4 is 0 Å². The number of sulfone groups is 1. The lowest BCUT2D eigenvalue weighted by atomic mass is 10.3. The predicted molar refractivity (Wildman–Crippen MR) is 53.3 cm³/mol. The highest BCUT2D eigenvalue weighted by Gasteiger charge is 2.31. The molecule has 0 fully saturated rings. The fourth-order valence-corrected chi connectivity index (χ4v) is 2.28. The Morgan fingerprint density at radius 1 is 1.11 bits per heavy atom. The third kappa shape index (κ3) is 2.21. The van der Waals surface area contributed by atoms with Gasteiger partial charge in [-0.3, -0.25) is 5.10 Å². The lowest BCUT2D eigenvalue weighted by Gasteiger charge is -2.06. The summed E-state index contributed by atoms with van der Waals surface area (Å²) >= 11 is 0. The third-order valence-electron chi connectivity index (χ3n) is 2.09. The quantitative estimate of drug-likeness (QED) is 0.905. The van der Waals surface area contributed by atoms with Crippen LogP contribution in [0, 0.1) is 0 Å². The number of nitrogens with one attached hydrogen (secondary N) is 1. The lowest BCUT2D eigenvalue weighted by molar-refractivity contribution is -0.137. The molecule has 0 aliphatic rings. The molecule has 0 aliphatic carbocycles. The fourth-order valence-electron chi connectivity index (χ4n) is 1.21. The van der Waals surface area contributed by atoms with Gasteiger partial charge >= 0.3 is 6.18 Å². The first-order chi connectivity index (χ1) is 8.32. The number of H-pyrrole nitrogens is 1. The molecule has 0 aliphatic heterocycles. The summed E-state index contributed by atoms with van der Waals surface area (Å²) in [4.78, 5) is 3.31. The third-order valence-corrected chi connectivity index (χ3v) is 3.66. The maximum atomic E-state index is 12.3. The number of halogens is 3. The number of hydrogen-bond acceptors (Lipinski definition) is 4. The van der Waals surface area contributed by atoms with Gasteiger partial charge in [0.2, 0.25) is 9.84 Å². The van der Waals surface area contributed by atoms with Crippen molar-refractivity contribution >= 4 is 9.84 Å². The summed E-state index contributed by atoms with van der Waals surface area (Å²) in [5, 5.41) is 4.98. The monoisotopic (exact) mass is 277 g/mol. The maximum Gasteiger partial charge on any atom is 0.417 e. The number of aromatic amines is 1. The standard InChI is InChI=1S/C9H6F3N3O2S/c10-9(11,12)6-1-2-7(13-5-6)18(16,17)8-3-4-14-15-8/h1-5H,(H,14,15). The Bertz CT molecular complexity index is 633. The van der Waals surface area contributed by atoms with Gasteiger partial charge in [-0.2, -0.15) is 18.3 Å². The predicted octanol–water partition coefficient (Wildman–Crippen LogP) is 1.66. The summed E-state index contributed by atoms with van der Waals surface area (Å²) in [7, 11) is -3.98. The van der Waals surface area contributed by atoms with Crippen molar-refractivity contribution in [2.75, 3.05) is 0 Å². The number of rotatable bonds is 2. The van der Waals surface area contributed by atoms with Crippen LogP contribution in [0.3, 0.4) is 0 Å². The van der Waals surface area contributed by atoms with Crippen molar-refractivity contribution in [2.45, 2.75) is 16.2 Å². The molecule has 0 bridgehead atoms. The van der Waals surface area contributed by atoms with Crippen molar-refractivity contribution in [1.29, 1.82) is 0 Å². The largest absolute Gasteiger partial charge is 0.417 e. The molecule has 1 N–H and O–H groups in total. The smallest absolute Gasteiger partial charge is 0.284 e. The SMILES string of the molecule is O=S(=O)(c1ccc(C(F)(F)F)cn1)c1cc[nH]n1.